The average molecular weight is 280 g/mol. The van der Waals surface area contributed by atoms with Crippen molar-refractivity contribution in [1.29, 1.82) is 0 Å². The zero-order valence-corrected chi connectivity index (χ0v) is 11.7. The highest BCUT2D eigenvalue weighted by Crippen LogP contribution is 2.25. The molecule has 1 amide bonds. The van der Waals surface area contributed by atoms with Crippen LogP contribution >= 0.6 is 0 Å². The van der Waals surface area contributed by atoms with Crippen LogP contribution in [0.15, 0.2) is 22.8 Å². The van der Waals surface area contributed by atoms with Crippen LogP contribution in [0.1, 0.15) is 19.6 Å². The largest absolute Gasteiger partial charge is 0.481 e. The van der Waals surface area contributed by atoms with Gasteiger partial charge in [-0.05, 0) is 25.0 Å². The van der Waals surface area contributed by atoms with Gasteiger partial charge in [0.2, 0.25) is 5.91 Å². The van der Waals surface area contributed by atoms with Gasteiger partial charge >= 0.3 is 5.97 Å². The number of carbonyl (C=O) groups excluding carboxylic acids is 1. The summed E-state index contributed by atoms with van der Waals surface area (Å²) in [5.74, 6) is -0.351. The van der Waals surface area contributed by atoms with Crippen molar-refractivity contribution in [2.24, 2.45) is 11.8 Å². The van der Waals surface area contributed by atoms with Crippen LogP contribution in [0.2, 0.25) is 0 Å². The summed E-state index contributed by atoms with van der Waals surface area (Å²) in [4.78, 5) is 24.8. The summed E-state index contributed by atoms with van der Waals surface area (Å²) < 4.78 is 5.15. The molecule has 110 valence electrons. The number of carboxylic acids is 1. The highest BCUT2D eigenvalue weighted by Gasteiger charge is 2.38. The van der Waals surface area contributed by atoms with Crippen LogP contribution in [-0.2, 0) is 16.1 Å². The standard InChI is InChI=1S/C14H20N2O4/c1-9(14(18)19)11-7-16(8-11)10(2)13(17)15-6-12-4-3-5-20-12/h3-5,9-11H,6-8H2,1-2H3,(H,15,17)(H,18,19). The Balaban J connectivity index is 1.74. The van der Waals surface area contributed by atoms with Crippen LogP contribution in [0, 0.1) is 11.8 Å². The maximum absolute atomic E-state index is 12.0. The second-order valence-electron chi connectivity index (χ2n) is 5.31. The number of hydrogen-bond acceptors (Lipinski definition) is 4. The lowest BCUT2D eigenvalue weighted by Gasteiger charge is -2.44. The summed E-state index contributed by atoms with van der Waals surface area (Å²) in [6, 6.07) is 3.33. The zero-order valence-electron chi connectivity index (χ0n) is 11.7. The number of furan rings is 1. The molecule has 20 heavy (non-hydrogen) atoms. The number of hydrogen-bond donors (Lipinski definition) is 2. The Hall–Kier alpha value is -1.82. The lowest BCUT2D eigenvalue weighted by molar-refractivity contribution is -0.146. The van der Waals surface area contributed by atoms with Crippen molar-refractivity contribution in [3.05, 3.63) is 24.2 Å². The third-order valence-electron chi connectivity index (χ3n) is 3.98. The fourth-order valence-electron chi connectivity index (χ4n) is 2.28. The van der Waals surface area contributed by atoms with E-state index in [4.69, 9.17) is 9.52 Å². The molecule has 0 bridgehead atoms. The summed E-state index contributed by atoms with van der Waals surface area (Å²) in [7, 11) is 0. The van der Waals surface area contributed by atoms with E-state index in [-0.39, 0.29) is 23.8 Å². The summed E-state index contributed by atoms with van der Waals surface area (Å²) >= 11 is 0. The van der Waals surface area contributed by atoms with Crippen molar-refractivity contribution in [2.75, 3.05) is 13.1 Å². The van der Waals surface area contributed by atoms with E-state index in [0.717, 1.165) is 0 Å². The molecule has 2 N–H and O–H groups in total. The van der Waals surface area contributed by atoms with Crippen molar-refractivity contribution in [1.82, 2.24) is 10.2 Å². The van der Waals surface area contributed by atoms with Gasteiger partial charge in [0.05, 0.1) is 24.8 Å². The molecule has 1 aliphatic heterocycles. The maximum atomic E-state index is 12.0. The molecule has 1 aromatic rings. The molecule has 0 aromatic carbocycles. The molecular formula is C14H20N2O4. The molecule has 1 saturated heterocycles. The summed E-state index contributed by atoms with van der Waals surface area (Å²) in [5.41, 5.74) is 0. The van der Waals surface area contributed by atoms with Gasteiger partial charge in [-0.25, -0.2) is 0 Å². The average Bonchev–Trinajstić information content (AvgIpc) is 2.86. The van der Waals surface area contributed by atoms with E-state index in [0.29, 0.717) is 25.4 Å². The second-order valence-corrected chi connectivity index (χ2v) is 5.31. The Morgan fingerprint density at radius 1 is 1.50 bits per heavy atom. The second kappa shape index (κ2) is 6.09. The first-order chi connectivity index (χ1) is 9.49. The predicted molar refractivity (Wildman–Crippen MR) is 71.9 cm³/mol. The van der Waals surface area contributed by atoms with Crippen molar-refractivity contribution in [3.63, 3.8) is 0 Å². The number of likely N-dealkylation sites (tertiary alicyclic amines) is 1. The molecule has 0 radical (unpaired) electrons. The number of carboxylic acid groups (broad SMARTS) is 1. The number of rotatable bonds is 6. The van der Waals surface area contributed by atoms with Gasteiger partial charge in [0.1, 0.15) is 5.76 Å². The fourth-order valence-corrected chi connectivity index (χ4v) is 2.28. The highest BCUT2D eigenvalue weighted by atomic mass is 16.4. The number of nitrogens with zero attached hydrogens (tertiary/aromatic N) is 1. The van der Waals surface area contributed by atoms with Crippen molar-refractivity contribution >= 4 is 11.9 Å². The van der Waals surface area contributed by atoms with Gasteiger partial charge in [-0.2, -0.15) is 0 Å². The minimum Gasteiger partial charge on any atom is -0.481 e. The van der Waals surface area contributed by atoms with Crippen LogP contribution in [0.25, 0.3) is 0 Å². The van der Waals surface area contributed by atoms with E-state index in [9.17, 15) is 9.59 Å². The SMILES string of the molecule is CC(C(=O)O)C1CN(C(C)C(=O)NCc2ccco2)C1. The number of amides is 1. The first kappa shape index (κ1) is 14.6. The minimum absolute atomic E-state index is 0.0668. The third kappa shape index (κ3) is 3.19. The van der Waals surface area contributed by atoms with Crippen molar-refractivity contribution < 1.29 is 19.1 Å². The molecule has 2 rings (SSSR count). The molecule has 6 nitrogen and oxygen atoms in total. The number of nitrogens with one attached hydrogen (secondary N) is 1. The van der Waals surface area contributed by atoms with Gasteiger partial charge in [0.25, 0.3) is 0 Å². The number of carbonyl (C=O) groups is 2. The van der Waals surface area contributed by atoms with Crippen molar-refractivity contribution in [3.8, 4) is 0 Å². The van der Waals surface area contributed by atoms with Crippen LogP contribution in [-0.4, -0.2) is 41.0 Å². The first-order valence-electron chi connectivity index (χ1n) is 6.76. The maximum Gasteiger partial charge on any atom is 0.306 e. The van der Waals surface area contributed by atoms with E-state index in [1.807, 2.05) is 11.8 Å². The van der Waals surface area contributed by atoms with E-state index in [1.54, 1.807) is 25.3 Å². The Morgan fingerprint density at radius 3 is 2.75 bits per heavy atom. The molecule has 0 aliphatic carbocycles. The van der Waals surface area contributed by atoms with Gasteiger partial charge in [0.15, 0.2) is 0 Å². The van der Waals surface area contributed by atoms with Gasteiger partial charge < -0.3 is 14.8 Å². The summed E-state index contributed by atoms with van der Waals surface area (Å²) in [6.07, 6.45) is 1.57. The van der Waals surface area contributed by atoms with Gasteiger partial charge in [0, 0.05) is 13.1 Å². The quantitative estimate of drug-likeness (QED) is 0.810. The molecule has 6 heteroatoms. The van der Waals surface area contributed by atoms with Gasteiger partial charge in [-0.15, -0.1) is 0 Å². The molecule has 1 aromatic heterocycles. The van der Waals surface area contributed by atoms with E-state index in [1.165, 1.54) is 0 Å². The Bertz CT molecular complexity index is 466. The normalized spacial score (nSPS) is 19.1. The fraction of sp³-hybridized carbons (Fsp3) is 0.571. The highest BCUT2D eigenvalue weighted by molar-refractivity contribution is 5.81. The molecule has 0 spiro atoms. The van der Waals surface area contributed by atoms with Crippen LogP contribution in [0.3, 0.4) is 0 Å². The molecule has 1 fully saturated rings. The minimum atomic E-state index is -0.774. The molecule has 2 atom stereocenters. The topological polar surface area (TPSA) is 82.8 Å². The lowest BCUT2D eigenvalue weighted by Crippen LogP contribution is -2.58. The molecular weight excluding hydrogens is 260 g/mol. The summed E-state index contributed by atoms with van der Waals surface area (Å²) in [6.45, 7) is 5.23. The van der Waals surface area contributed by atoms with Gasteiger partial charge in [-0.1, -0.05) is 6.92 Å². The van der Waals surface area contributed by atoms with Crippen LogP contribution < -0.4 is 5.32 Å². The van der Waals surface area contributed by atoms with E-state index in [2.05, 4.69) is 5.32 Å². The molecule has 2 heterocycles. The summed E-state index contributed by atoms with van der Waals surface area (Å²) in [5, 5.41) is 11.7. The van der Waals surface area contributed by atoms with E-state index < -0.39 is 5.97 Å². The molecule has 2 unspecified atom stereocenters. The van der Waals surface area contributed by atoms with Crippen LogP contribution in [0.4, 0.5) is 0 Å². The Kier molecular flexibility index (Phi) is 4.44. The first-order valence-corrected chi connectivity index (χ1v) is 6.76. The molecule has 1 aliphatic rings. The van der Waals surface area contributed by atoms with Gasteiger partial charge in [-0.3, -0.25) is 14.5 Å². The predicted octanol–water partition coefficient (Wildman–Crippen LogP) is 0.937. The lowest BCUT2D eigenvalue weighted by atomic mass is 9.86. The monoisotopic (exact) mass is 280 g/mol. The van der Waals surface area contributed by atoms with Crippen molar-refractivity contribution in [2.45, 2.75) is 26.4 Å². The zero-order chi connectivity index (χ0) is 14.7. The molecule has 0 saturated carbocycles. The Morgan fingerprint density at radius 2 is 2.20 bits per heavy atom. The third-order valence-corrected chi connectivity index (χ3v) is 3.98. The van der Waals surface area contributed by atoms with E-state index >= 15 is 0 Å². The number of aliphatic carboxylic acids is 1. The Labute approximate surface area is 117 Å². The van der Waals surface area contributed by atoms with Crippen LogP contribution in [0.5, 0.6) is 0 Å². The smallest absolute Gasteiger partial charge is 0.306 e.